The summed E-state index contributed by atoms with van der Waals surface area (Å²) in [5.41, 5.74) is -0.186. The molecule has 2 N–H and O–H groups in total. The second-order valence-corrected chi connectivity index (χ2v) is 7.24. The van der Waals surface area contributed by atoms with Crippen LogP contribution in [0, 0.1) is 0 Å². The molecule has 2 aromatic carbocycles. The van der Waals surface area contributed by atoms with E-state index in [1.54, 1.807) is 55.5 Å². The van der Waals surface area contributed by atoms with Gasteiger partial charge in [0.05, 0.1) is 10.9 Å². The predicted octanol–water partition coefficient (Wildman–Crippen LogP) is 2.59. The van der Waals surface area contributed by atoms with Gasteiger partial charge in [0.25, 0.3) is 11.5 Å². The number of nitrogens with zero attached hydrogens (tertiary/aromatic N) is 2. The zero-order valence-electron chi connectivity index (χ0n) is 15.0. The molecular weight excluding hydrogens is 380 g/mol. The Morgan fingerprint density at radius 1 is 1.07 bits per heavy atom. The van der Waals surface area contributed by atoms with Crippen LogP contribution >= 0.6 is 11.6 Å². The van der Waals surface area contributed by atoms with E-state index in [9.17, 15) is 14.4 Å². The lowest BCUT2D eigenvalue weighted by molar-refractivity contribution is -0.131. The quantitative estimate of drug-likeness (QED) is 0.662. The molecule has 0 radical (unpaired) electrons. The van der Waals surface area contributed by atoms with E-state index in [1.165, 1.54) is 0 Å². The molecule has 0 aliphatic carbocycles. The summed E-state index contributed by atoms with van der Waals surface area (Å²) in [5.74, 6) is 0.0624. The van der Waals surface area contributed by atoms with Crippen molar-refractivity contribution in [2.45, 2.75) is 18.9 Å². The lowest BCUT2D eigenvalue weighted by Gasteiger charge is -2.22. The molecule has 0 bridgehead atoms. The Kier molecular flexibility index (Phi) is 4.39. The van der Waals surface area contributed by atoms with Crippen molar-refractivity contribution in [3.8, 4) is 0 Å². The van der Waals surface area contributed by atoms with Crippen molar-refractivity contribution in [3.63, 3.8) is 0 Å². The van der Waals surface area contributed by atoms with Crippen molar-refractivity contribution in [1.29, 1.82) is 0 Å². The lowest BCUT2D eigenvalue weighted by atomic mass is 9.92. The molecule has 1 aliphatic heterocycles. The number of rotatable bonds is 4. The summed E-state index contributed by atoms with van der Waals surface area (Å²) in [6, 6.07) is 13.3. The fraction of sp³-hybridized carbons (Fsp3) is 0.200. The molecule has 1 saturated heterocycles. The van der Waals surface area contributed by atoms with E-state index in [1.807, 2.05) is 0 Å². The van der Waals surface area contributed by atoms with Crippen LogP contribution in [0.2, 0.25) is 5.02 Å². The highest BCUT2D eigenvalue weighted by Gasteiger charge is 2.48. The van der Waals surface area contributed by atoms with E-state index in [2.05, 4.69) is 15.3 Å². The van der Waals surface area contributed by atoms with Crippen LogP contribution < -0.4 is 10.9 Å². The number of amides is 3. The molecule has 0 saturated carbocycles. The Hall–Kier alpha value is -3.19. The Balaban J connectivity index is 1.56. The van der Waals surface area contributed by atoms with Gasteiger partial charge in [-0.1, -0.05) is 35.9 Å². The third-order valence-corrected chi connectivity index (χ3v) is 5.18. The van der Waals surface area contributed by atoms with Crippen LogP contribution in [0.15, 0.2) is 53.3 Å². The molecule has 1 fully saturated rings. The molecule has 7 nitrogen and oxygen atoms in total. The number of para-hydroxylation sites is 1. The first-order valence-electron chi connectivity index (χ1n) is 8.76. The van der Waals surface area contributed by atoms with Gasteiger partial charge in [-0.3, -0.25) is 14.5 Å². The summed E-state index contributed by atoms with van der Waals surface area (Å²) in [4.78, 5) is 45.8. The zero-order valence-corrected chi connectivity index (χ0v) is 15.8. The summed E-state index contributed by atoms with van der Waals surface area (Å²) in [5, 5.41) is 3.79. The number of carbonyl (C=O) groups is 2. The Bertz CT molecular complexity index is 1140. The molecule has 142 valence electrons. The summed E-state index contributed by atoms with van der Waals surface area (Å²) in [6.07, 6.45) is 0.246. The SMILES string of the molecule is CC1(c2ccc(Cl)cc2)NC(=O)N(CCc2nc3ccccc3c(=O)[nH]2)C1=O. The van der Waals surface area contributed by atoms with E-state index < -0.39 is 11.6 Å². The van der Waals surface area contributed by atoms with Crippen molar-refractivity contribution in [2.75, 3.05) is 6.54 Å². The smallest absolute Gasteiger partial charge is 0.319 e. The predicted molar refractivity (Wildman–Crippen MR) is 105 cm³/mol. The average molecular weight is 397 g/mol. The van der Waals surface area contributed by atoms with Crippen LogP contribution in [0.25, 0.3) is 10.9 Å². The van der Waals surface area contributed by atoms with Crippen LogP contribution in [0.5, 0.6) is 0 Å². The molecule has 1 aromatic heterocycles. The number of benzene rings is 2. The van der Waals surface area contributed by atoms with Gasteiger partial charge in [-0.2, -0.15) is 0 Å². The molecule has 28 heavy (non-hydrogen) atoms. The highest BCUT2D eigenvalue weighted by Crippen LogP contribution is 2.29. The largest absolute Gasteiger partial charge is 0.325 e. The van der Waals surface area contributed by atoms with E-state index in [0.29, 0.717) is 27.3 Å². The minimum atomic E-state index is -1.16. The second kappa shape index (κ2) is 6.76. The van der Waals surface area contributed by atoms with E-state index >= 15 is 0 Å². The van der Waals surface area contributed by atoms with Crippen LogP contribution in [-0.2, 0) is 16.8 Å². The Labute approximate surface area is 165 Å². The molecule has 8 heteroatoms. The Morgan fingerprint density at radius 2 is 1.79 bits per heavy atom. The van der Waals surface area contributed by atoms with Gasteiger partial charge in [-0.05, 0) is 36.8 Å². The molecule has 4 rings (SSSR count). The third kappa shape index (κ3) is 3.03. The van der Waals surface area contributed by atoms with Crippen molar-refractivity contribution in [1.82, 2.24) is 20.2 Å². The zero-order chi connectivity index (χ0) is 19.9. The molecule has 1 unspecified atom stereocenters. The molecule has 3 aromatic rings. The van der Waals surface area contributed by atoms with Crippen LogP contribution in [-0.4, -0.2) is 33.4 Å². The van der Waals surface area contributed by atoms with Crippen LogP contribution in [0.3, 0.4) is 0 Å². The fourth-order valence-corrected chi connectivity index (χ4v) is 3.48. The average Bonchev–Trinajstić information content (AvgIpc) is 2.90. The lowest BCUT2D eigenvalue weighted by Crippen LogP contribution is -2.41. The number of hydrogen-bond acceptors (Lipinski definition) is 4. The number of halogens is 1. The topological polar surface area (TPSA) is 95.2 Å². The van der Waals surface area contributed by atoms with Crippen LogP contribution in [0.4, 0.5) is 4.79 Å². The van der Waals surface area contributed by atoms with Gasteiger partial charge in [-0.15, -0.1) is 0 Å². The Morgan fingerprint density at radius 3 is 2.54 bits per heavy atom. The molecule has 1 aliphatic rings. The third-order valence-electron chi connectivity index (χ3n) is 4.93. The van der Waals surface area contributed by atoms with E-state index in [4.69, 9.17) is 11.6 Å². The maximum Gasteiger partial charge on any atom is 0.325 e. The number of carbonyl (C=O) groups excluding carboxylic acids is 2. The number of aromatic nitrogens is 2. The van der Waals surface area contributed by atoms with Gasteiger partial charge in [-0.25, -0.2) is 9.78 Å². The van der Waals surface area contributed by atoms with Crippen molar-refractivity contribution in [3.05, 3.63) is 75.3 Å². The second-order valence-electron chi connectivity index (χ2n) is 6.80. The van der Waals surface area contributed by atoms with Gasteiger partial charge in [0.1, 0.15) is 11.4 Å². The first-order valence-corrected chi connectivity index (χ1v) is 9.14. The minimum Gasteiger partial charge on any atom is -0.319 e. The molecular formula is C20H17ClN4O3. The maximum atomic E-state index is 12.9. The minimum absolute atomic E-state index is 0.106. The molecule has 2 heterocycles. The van der Waals surface area contributed by atoms with Gasteiger partial charge < -0.3 is 10.3 Å². The van der Waals surface area contributed by atoms with E-state index in [0.717, 1.165) is 4.90 Å². The van der Waals surface area contributed by atoms with Crippen molar-refractivity contribution < 1.29 is 9.59 Å². The molecule has 3 amide bonds. The number of fused-ring (bicyclic) bond motifs is 1. The number of H-pyrrole nitrogens is 1. The summed E-state index contributed by atoms with van der Waals surface area (Å²) in [6.45, 7) is 1.77. The normalized spacial score (nSPS) is 19.3. The summed E-state index contributed by atoms with van der Waals surface area (Å²) in [7, 11) is 0. The van der Waals surface area contributed by atoms with E-state index in [-0.39, 0.29) is 24.4 Å². The van der Waals surface area contributed by atoms with Gasteiger partial charge in [0.2, 0.25) is 0 Å². The number of hydrogen-bond donors (Lipinski definition) is 2. The van der Waals surface area contributed by atoms with Gasteiger partial charge in [0, 0.05) is 18.0 Å². The van der Waals surface area contributed by atoms with Crippen molar-refractivity contribution >= 4 is 34.4 Å². The highest BCUT2D eigenvalue weighted by atomic mass is 35.5. The number of nitrogens with one attached hydrogen (secondary N) is 2. The first-order chi connectivity index (χ1) is 13.4. The van der Waals surface area contributed by atoms with Gasteiger partial charge in [0.15, 0.2) is 0 Å². The standard InChI is InChI=1S/C20H17ClN4O3/c1-20(12-6-8-13(21)9-7-12)18(27)25(19(28)24-20)11-10-16-22-15-5-3-2-4-14(15)17(26)23-16/h2-9H,10-11H2,1H3,(H,24,28)(H,22,23,26). The highest BCUT2D eigenvalue weighted by molar-refractivity contribution is 6.30. The summed E-state index contributed by atoms with van der Waals surface area (Å²) >= 11 is 5.91. The monoisotopic (exact) mass is 396 g/mol. The number of aromatic amines is 1. The van der Waals surface area contributed by atoms with Crippen LogP contribution in [0.1, 0.15) is 18.3 Å². The van der Waals surface area contributed by atoms with Crippen molar-refractivity contribution in [2.24, 2.45) is 0 Å². The fourth-order valence-electron chi connectivity index (χ4n) is 3.35. The number of urea groups is 1. The first kappa shape index (κ1) is 18.2. The van der Waals surface area contributed by atoms with Gasteiger partial charge >= 0.3 is 6.03 Å². The molecule has 1 atom stereocenters. The maximum absolute atomic E-state index is 12.9. The summed E-state index contributed by atoms with van der Waals surface area (Å²) < 4.78 is 0. The molecule has 0 spiro atoms. The number of imide groups is 1.